The zero-order chi connectivity index (χ0) is 20.0. The van der Waals surface area contributed by atoms with Crippen LogP contribution in [0.3, 0.4) is 0 Å². The van der Waals surface area contributed by atoms with Crippen molar-refractivity contribution in [3.63, 3.8) is 0 Å². The van der Waals surface area contributed by atoms with Gasteiger partial charge in [-0.1, -0.05) is 6.07 Å². The number of carbonyl (C=O) groups excluding carboxylic acids is 1. The van der Waals surface area contributed by atoms with Crippen molar-refractivity contribution in [2.24, 2.45) is 0 Å². The Kier molecular flexibility index (Phi) is 6.35. The summed E-state index contributed by atoms with van der Waals surface area (Å²) in [7, 11) is -3.92. The summed E-state index contributed by atoms with van der Waals surface area (Å²) in [6.07, 6.45) is 0. The van der Waals surface area contributed by atoms with Crippen molar-refractivity contribution in [1.29, 1.82) is 0 Å². The highest BCUT2D eigenvalue weighted by molar-refractivity contribution is 7.92. The SMILES string of the molecule is CCN(CC)C(=O)Nc1ccc(S(=O)(=O)Nc2cccc([N+](=O)[O-])c2)cc1. The first-order valence-electron chi connectivity index (χ1n) is 8.20. The highest BCUT2D eigenvalue weighted by atomic mass is 32.2. The number of anilines is 2. The fourth-order valence-electron chi connectivity index (χ4n) is 2.33. The summed E-state index contributed by atoms with van der Waals surface area (Å²) in [5.41, 5.74) is 0.328. The lowest BCUT2D eigenvalue weighted by molar-refractivity contribution is -0.384. The molecule has 10 heteroatoms. The fourth-order valence-corrected chi connectivity index (χ4v) is 3.38. The number of benzene rings is 2. The average molecular weight is 392 g/mol. The number of urea groups is 1. The second-order valence-electron chi connectivity index (χ2n) is 5.54. The predicted octanol–water partition coefficient (Wildman–Crippen LogP) is 3.27. The summed E-state index contributed by atoms with van der Waals surface area (Å²) in [6.45, 7) is 4.83. The first-order valence-corrected chi connectivity index (χ1v) is 9.68. The molecule has 0 saturated carbocycles. The highest BCUT2D eigenvalue weighted by Gasteiger charge is 2.16. The Balaban J connectivity index is 2.14. The Morgan fingerprint density at radius 2 is 1.70 bits per heavy atom. The van der Waals surface area contributed by atoms with Gasteiger partial charge in [-0.15, -0.1) is 0 Å². The van der Waals surface area contributed by atoms with E-state index < -0.39 is 14.9 Å². The van der Waals surface area contributed by atoms with E-state index in [4.69, 9.17) is 0 Å². The number of non-ortho nitro benzene ring substituents is 1. The minimum atomic E-state index is -3.92. The normalized spacial score (nSPS) is 10.9. The number of nitrogens with one attached hydrogen (secondary N) is 2. The van der Waals surface area contributed by atoms with Gasteiger partial charge in [0.05, 0.1) is 15.5 Å². The largest absolute Gasteiger partial charge is 0.325 e. The first kappa shape index (κ1) is 20.2. The standard InChI is InChI=1S/C17H20N4O5S/c1-3-20(4-2)17(22)18-13-8-10-16(11-9-13)27(25,26)19-14-6-5-7-15(12-14)21(23)24/h5-12,19H,3-4H2,1-2H3,(H,18,22). The van der Waals surface area contributed by atoms with Crippen LogP contribution < -0.4 is 10.0 Å². The van der Waals surface area contributed by atoms with E-state index in [1.165, 1.54) is 42.5 Å². The van der Waals surface area contributed by atoms with Gasteiger partial charge in [-0.2, -0.15) is 0 Å². The molecule has 0 saturated heterocycles. The van der Waals surface area contributed by atoms with Crippen molar-refractivity contribution in [1.82, 2.24) is 4.90 Å². The van der Waals surface area contributed by atoms with Crippen molar-refractivity contribution in [3.05, 3.63) is 58.6 Å². The quantitative estimate of drug-likeness (QED) is 0.553. The van der Waals surface area contributed by atoms with Gasteiger partial charge in [-0.3, -0.25) is 14.8 Å². The number of rotatable bonds is 7. The van der Waals surface area contributed by atoms with Crippen molar-refractivity contribution >= 4 is 33.1 Å². The zero-order valence-corrected chi connectivity index (χ0v) is 15.7. The average Bonchev–Trinajstić information content (AvgIpc) is 2.63. The molecule has 2 N–H and O–H groups in total. The maximum atomic E-state index is 12.4. The molecule has 2 aromatic carbocycles. The maximum Gasteiger partial charge on any atom is 0.321 e. The van der Waals surface area contributed by atoms with E-state index in [9.17, 15) is 23.3 Å². The van der Waals surface area contributed by atoms with Crippen LogP contribution in [-0.4, -0.2) is 37.4 Å². The van der Waals surface area contributed by atoms with Gasteiger partial charge in [0.25, 0.3) is 15.7 Å². The number of hydrogen-bond donors (Lipinski definition) is 2. The summed E-state index contributed by atoms with van der Waals surface area (Å²) >= 11 is 0. The molecule has 0 unspecified atom stereocenters. The number of amides is 2. The number of nitro groups is 1. The van der Waals surface area contributed by atoms with Gasteiger partial charge in [0.1, 0.15) is 0 Å². The molecule has 0 aliphatic rings. The molecule has 0 aliphatic heterocycles. The van der Waals surface area contributed by atoms with Crippen molar-refractivity contribution in [2.75, 3.05) is 23.1 Å². The molecule has 0 bridgehead atoms. The molecule has 0 atom stereocenters. The van der Waals surface area contributed by atoms with Crippen molar-refractivity contribution in [3.8, 4) is 0 Å². The lowest BCUT2D eigenvalue weighted by Crippen LogP contribution is -2.34. The molecule has 0 aliphatic carbocycles. The third kappa shape index (κ3) is 5.17. The minimum Gasteiger partial charge on any atom is -0.325 e. The van der Waals surface area contributed by atoms with Crippen molar-refractivity contribution < 1.29 is 18.1 Å². The molecular weight excluding hydrogens is 372 g/mol. The topological polar surface area (TPSA) is 122 Å². The van der Waals surface area contributed by atoms with Crippen LogP contribution in [0, 0.1) is 10.1 Å². The molecule has 144 valence electrons. The second kappa shape index (κ2) is 8.49. The van der Waals surface area contributed by atoms with Crippen LogP contribution in [0.1, 0.15) is 13.8 Å². The highest BCUT2D eigenvalue weighted by Crippen LogP contribution is 2.21. The smallest absolute Gasteiger partial charge is 0.321 e. The Morgan fingerprint density at radius 3 is 2.26 bits per heavy atom. The predicted molar refractivity (Wildman–Crippen MR) is 102 cm³/mol. The van der Waals surface area contributed by atoms with Crippen LogP contribution in [0.2, 0.25) is 0 Å². The Bertz CT molecular complexity index is 925. The third-order valence-corrected chi connectivity index (χ3v) is 5.17. The first-order chi connectivity index (χ1) is 12.8. The van der Waals surface area contributed by atoms with Gasteiger partial charge in [-0.25, -0.2) is 13.2 Å². The summed E-state index contributed by atoms with van der Waals surface area (Å²) in [5.74, 6) is 0. The molecule has 0 radical (unpaired) electrons. The molecule has 9 nitrogen and oxygen atoms in total. The van der Waals surface area contributed by atoms with Crippen LogP contribution >= 0.6 is 0 Å². The van der Waals surface area contributed by atoms with E-state index in [-0.39, 0.29) is 22.3 Å². The number of nitrogens with zero attached hydrogens (tertiary/aromatic N) is 2. The minimum absolute atomic E-state index is 0.0326. The van der Waals surface area contributed by atoms with Gasteiger partial charge < -0.3 is 10.2 Å². The van der Waals surface area contributed by atoms with Crippen LogP contribution in [0.15, 0.2) is 53.4 Å². The van der Waals surface area contributed by atoms with E-state index in [2.05, 4.69) is 10.0 Å². The van der Waals surface area contributed by atoms with E-state index in [1.807, 2.05) is 13.8 Å². The zero-order valence-electron chi connectivity index (χ0n) is 14.9. The molecule has 0 spiro atoms. The summed E-state index contributed by atoms with van der Waals surface area (Å²) in [5, 5.41) is 13.5. The Morgan fingerprint density at radius 1 is 1.07 bits per heavy atom. The summed E-state index contributed by atoms with van der Waals surface area (Å²) in [6, 6.07) is 10.6. The second-order valence-corrected chi connectivity index (χ2v) is 7.22. The molecule has 0 aromatic heterocycles. The fraction of sp³-hybridized carbons (Fsp3) is 0.235. The van der Waals surface area contributed by atoms with E-state index >= 15 is 0 Å². The lowest BCUT2D eigenvalue weighted by atomic mass is 10.3. The van der Waals surface area contributed by atoms with Gasteiger partial charge in [0.15, 0.2) is 0 Å². The lowest BCUT2D eigenvalue weighted by Gasteiger charge is -2.19. The molecule has 2 rings (SSSR count). The van der Waals surface area contributed by atoms with Crippen LogP contribution in [0.5, 0.6) is 0 Å². The van der Waals surface area contributed by atoms with Crippen LogP contribution in [0.25, 0.3) is 0 Å². The molecule has 2 amide bonds. The molecular formula is C17H20N4O5S. The van der Waals surface area contributed by atoms with Gasteiger partial charge in [0, 0.05) is 30.9 Å². The third-order valence-electron chi connectivity index (χ3n) is 3.78. The summed E-state index contributed by atoms with van der Waals surface area (Å²) in [4.78, 5) is 23.8. The number of carbonyl (C=O) groups is 1. The van der Waals surface area contributed by atoms with Gasteiger partial charge >= 0.3 is 6.03 Å². The van der Waals surface area contributed by atoms with Crippen LogP contribution in [-0.2, 0) is 10.0 Å². The van der Waals surface area contributed by atoms with E-state index in [1.54, 1.807) is 4.90 Å². The van der Waals surface area contributed by atoms with Crippen molar-refractivity contribution in [2.45, 2.75) is 18.7 Å². The number of nitro benzene ring substituents is 1. The van der Waals surface area contributed by atoms with Gasteiger partial charge in [-0.05, 0) is 44.2 Å². The molecule has 0 fully saturated rings. The Labute approximate surface area is 157 Å². The maximum absolute atomic E-state index is 12.4. The Hall–Kier alpha value is -3.14. The number of hydrogen-bond acceptors (Lipinski definition) is 5. The summed E-state index contributed by atoms with van der Waals surface area (Å²) < 4.78 is 27.2. The van der Waals surface area contributed by atoms with Gasteiger partial charge in [0.2, 0.25) is 0 Å². The molecule has 0 heterocycles. The van der Waals surface area contributed by atoms with E-state index in [0.717, 1.165) is 6.07 Å². The van der Waals surface area contributed by atoms with Crippen LogP contribution in [0.4, 0.5) is 21.9 Å². The monoisotopic (exact) mass is 392 g/mol. The van der Waals surface area contributed by atoms with E-state index in [0.29, 0.717) is 18.8 Å². The molecule has 27 heavy (non-hydrogen) atoms. The molecule has 2 aromatic rings. The number of sulfonamides is 1.